The minimum Gasteiger partial charge on any atom is -0.462 e. The number of esters is 1. The maximum Gasteiger partial charge on any atom is 0.340 e. The average molecular weight is 405 g/mol. The number of anilines is 1. The Balaban J connectivity index is 1.82. The van der Waals surface area contributed by atoms with Crippen LogP contribution in [0.1, 0.15) is 62.2 Å². The Bertz CT molecular complexity index is 799. The molecule has 1 aromatic carbocycles. The SMILES string of the molecule is CCCCOC(=O)c1ccccc1N1C(=O)C(Cl)=C(NC2CCCCC2)C1=O. The van der Waals surface area contributed by atoms with E-state index in [0.717, 1.165) is 43.4 Å². The number of halogens is 1. The summed E-state index contributed by atoms with van der Waals surface area (Å²) in [6.45, 7) is 2.29. The van der Waals surface area contributed by atoms with Crippen molar-refractivity contribution in [1.29, 1.82) is 0 Å². The third kappa shape index (κ3) is 4.22. The molecule has 1 fully saturated rings. The number of amides is 2. The van der Waals surface area contributed by atoms with E-state index in [9.17, 15) is 14.4 Å². The number of unbranched alkanes of at least 4 members (excludes halogenated alkanes) is 1. The molecular weight excluding hydrogens is 380 g/mol. The van der Waals surface area contributed by atoms with Crippen molar-refractivity contribution in [2.75, 3.05) is 11.5 Å². The van der Waals surface area contributed by atoms with Gasteiger partial charge in [-0.3, -0.25) is 9.59 Å². The van der Waals surface area contributed by atoms with E-state index < -0.39 is 17.8 Å². The summed E-state index contributed by atoms with van der Waals surface area (Å²) in [6, 6.07) is 6.56. The summed E-state index contributed by atoms with van der Waals surface area (Å²) in [5.74, 6) is -1.72. The molecule has 0 unspecified atom stereocenters. The van der Waals surface area contributed by atoms with Gasteiger partial charge in [0.15, 0.2) is 0 Å². The van der Waals surface area contributed by atoms with Gasteiger partial charge < -0.3 is 10.1 Å². The van der Waals surface area contributed by atoms with Gasteiger partial charge in [-0.25, -0.2) is 9.69 Å². The molecule has 0 spiro atoms. The Morgan fingerprint density at radius 1 is 1.18 bits per heavy atom. The van der Waals surface area contributed by atoms with Crippen LogP contribution in [0.3, 0.4) is 0 Å². The average Bonchev–Trinajstić information content (AvgIpc) is 2.92. The van der Waals surface area contributed by atoms with Gasteiger partial charge in [-0.15, -0.1) is 0 Å². The Morgan fingerprint density at radius 2 is 1.89 bits per heavy atom. The fraction of sp³-hybridized carbons (Fsp3) is 0.476. The summed E-state index contributed by atoms with van der Waals surface area (Å²) >= 11 is 6.21. The maximum absolute atomic E-state index is 13.0. The van der Waals surface area contributed by atoms with Gasteiger partial charge >= 0.3 is 5.97 Å². The number of nitrogens with zero attached hydrogens (tertiary/aromatic N) is 1. The fourth-order valence-corrected chi connectivity index (χ4v) is 3.75. The first-order valence-corrected chi connectivity index (χ1v) is 10.2. The van der Waals surface area contributed by atoms with Gasteiger partial charge in [0, 0.05) is 6.04 Å². The fourth-order valence-electron chi connectivity index (χ4n) is 3.53. The van der Waals surface area contributed by atoms with Crippen LogP contribution in [0.15, 0.2) is 35.0 Å². The van der Waals surface area contributed by atoms with Gasteiger partial charge in [-0.2, -0.15) is 0 Å². The molecule has 7 heteroatoms. The molecule has 1 heterocycles. The second-order valence-corrected chi connectivity index (χ2v) is 7.50. The number of hydrogen-bond donors (Lipinski definition) is 1. The number of imide groups is 1. The summed E-state index contributed by atoms with van der Waals surface area (Å²) in [5.41, 5.74) is 0.481. The van der Waals surface area contributed by atoms with Crippen LogP contribution >= 0.6 is 11.6 Å². The Kier molecular flexibility index (Phi) is 6.73. The summed E-state index contributed by atoms with van der Waals surface area (Å²) in [7, 11) is 0. The van der Waals surface area contributed by atoms with Gasteiger partial charge in [-0.1, -0.05) is 56.3 Å². The largest absolute Gasteiger partial charge is 0.462 e. The van der Waals surface area contributed by atoms with Gasteiger partial charge in [0.05, 0.1) is 17.9 Å². The zero-order valence-corrected chi connectivity index (χ0v) is 16.8. The monoisotopic (exact) mass is 404 g/mol. The molecule has 0 bridgehead atoms. The van der Waals surface area contributed by atoms with Gasteiger partial charge in [0.25, 0.3) is 11.8 Å². The lowest BCUT2D eigenvalue weighted by Gasteiger charge is -2.24. The number of benzene rings is 1. The van der Waals surface area contributed by atoms with Crippen LogP contribution in [-0.2, 0) is 14.3 Å². The quantitative estimate of drug-likeness (QED) is 0.424. The van der Waals surface area contributed by atoms with Crippen LogP contribution in [-0.4, -0.2) is 30.4 Å². The molecule has 1 aliphatic carbocycles. The molecule has 1 saturated carbocycles. The van der Waals surface area contributed by atoms with Crippen LogP contribution in [0.25, 0.3) is 0 Å². The first kappa shape index (κ1) is 20.4. The van der Waals surface area contributed by atoms with Crippen molar-refractivity contribution < 1.29 is 19.1 Å². The van der Waals surface area contributed by atoms with Crippen molar-refractivity contribution >= 4 is 35.1 Å². The predicted molar refractivity (Wildman–Crippen MR) is 107 cm³/mol. The van der Waals surface area contributed by atoms with E-state index in [0.29, 0.717) is 6.61 Å². The molecule has 0 radical (unpaired) electrons. The van der Waals surface area contributed by atoms with Crippen molar-refractivity contribution in [1.82, 2.24) is 5.32 Å². The molecule has 28 heavy (non-hydrogen) atoms. The number of ether oxygens (including phenoxy) is 1. The third-order valence-electron chi connectivity index (χ3n) is 5.08. The van der Waals surface area contributed by atoms with E-state index in [2.05, 4.69) is 5.32 Å². The second-order valence-electron chi connectivity index (χ2n) is 7.12. The van der Waals surface area contributed by atoms with Crippen LogP contribution in [0.5, 0.6) is 0 Å². The maximum atomic E-state index is 13.0. The summed E-state index contributed by atoms with van der Waals surface area (Å²) in [5, 5.41) is 3.02. The molecule has 6 nitrogen and oxygen atoms in total. The van der Waals surface area contributed by atoms with Crippen LogP contribution in [0, 0.1) is 0 Å². The molecule has 1 N–H and O–H groups in total. The van der Waals surface area contributed by atoms with Crippen LogP contribution < -0.4 is 10.2 Å². The minimum absolute atomic E-state index is 0.118. The molecule has 150 valence electrons. The van der Waals surface area contributed by atoms with Crippen molar-refractivity contribution in [3.63, 3.8) is 0 Å². The number of hydrogen-bond acceptors (Lipinski definition) is 5. The highest BCUT2D eigenvalue weighted by Gasteiger charge is 2.41. The van der Waals surface area contributed by atoms with Crippen molar-refractivity contribution in [3.05, 3.63) is 40.6 Å². The molecule has 2 amide bonds. The van der Waals surface area contributed by atoms with Gasteiger partial charge in [0.1, 0.15) is 10.7 Å². The summed E-state index contributed by atoms with van der Waals surface area (Å²) < 4.78 is 5.26. The number of carbonyl (C=O) groups is 3. The van der Waals surface area contributed by atoms with Crippen LogP contribution in [0.2, 0.25) is 0 Å². The standard InChI is InChI=1S/C21H25ClN2O4/c1-2-3-13-28-21(27)15-11-7-8-12-16(15)24-19(25)17(22)18(20(24)26)23-14-9-5-4-6-10-14/h7-8,11-12,14,23H,2-6,9-10,13H2,1H3. The predicted octanol–water partition coefficient (Wildman–Crippen LogP) is 3.89. The first-order valence-electron chi connectivity index (χ1n) is 9.85. The topological polar surface area (TPSA) is 75.7 Å². The molecule has 1 aromatic rings. The third-order valence-corrected chi connectivity index (χ3v) is 5.43. The number of rotatable bonds is 7. The van der Waals surface area contributed by atoms with E-state index >= 15 is 0 Å². The molecule has 3 rings (SSSR count). The molecule has 2 aliphatic rings. The Hall–Kier alpha value is -2.34. The normalized spacial score (nSPS) is 18.0. The minimum atomic E-state index is -0.626. The summed E-state index contributed by atoms with van der Waals surface area (Å²) in [4.78, 5) is 39.1. The lowest BCUT2D eigenvalue weighted by Crippen LogP contribution is -2.38. The lowest BCUT2D eigenvalue weighted by molar-refractivity contribution is -0.120. The number of nitrogens with one attached hydrogen (secondary N) is 1. The second kappa shape index (κ2) is 9.24. The van der Waals surface area contributed by atoms with E-state index in [1.807, 2.05) is 6.92 Å². The molecule has 0 atom stereocenters. The van der Waals surface area contributed by atoms with E-state index in [1.54, 1.807) is 24.3 Å². The lowest BCUT2D eigenvalue weighted by atomic mass is 9.95. The van der Waals surface area contributed by atoms with E-state index in [4.69, 9.17) is 16.3 Å². The van der Waals surface area contributed by atoms with E-state index in [1.165, 1.54) is 6.42 Å². The van der Waals surface area contributed by atoms with Crippen molar-refractivity contribution in [2.24, 2.45) is 0 Å². The molecular formula is C21H25ClN2O4. The highest BCUT2D eigenvalue weighted by atomic mass is 35.5. The number of para-hydroxylation sites is 1. The number of carbonyl (C=O) groups excluding carboxylic acids is 3. The van der Waals surface area contributed by atoms with Gasteiger partial charge in [-0.05, 0) is 31.4 Å². The Labute approximate surface area is 169 Å². The van der Waals surface area contributed by atoms with Crippen molar-refractivity contribution in [2.45, 2.75) is 57.9 Å². The first-order chi connectivity index (χ1) is 13.5. The molecule has 0 saturated heterocycles. The zero-order chi connectivity index (χ0) is 20.1. The summed E-state index contributed by atoms with van der Waals surface area (Å²) in [6.07, 6.45) is 6.87. The zero-order valence-electron chi connectivity index (χ0n) is 16.0. The highest BCUT2D eigenvalue weighted by Crippen LogP contribution is 2.32. The smallest absolute Gasteiger partial charge is 0.340 e. The molecule has 0 aromatic heterocycles. The molecule has 1 aliphatic heterocycles. The van der Waals surface area contributed by atoms with Crippen LogP contribution in [0.4, 0.5) is 5.69 Å². The van der Waals surface area contributed by atoms with Gasteiger partial charge in [0.2, 0.25) is 0 Å². The van der Waals surface area contributed by atoms with Crippen molar-refractivity contribution in [3.8, 4) is 0 Å². The Morgan fingerprint density at radius 3 is 2.61 bits per heavy atom. The highest BCUT2D eigenvalue weighted by molar-refractivity contribution is 6.52. The van der Waals surface area contributed by atoms with E-state index in [-0.39, 0.29) is 28.0 Å².